The highest BCUT2D eigenvalue weighted by Gasteiger charge is 2.08. The number of nitrogens with zero attached hydrogens (tertiary/aromatic N) is 1. The number of rotatable bonds is 5. The fourth-order valence-corrected chi connectivity index (χ4v) is 2.59. The molecule has 0 radical (unpaired) electrons. The molecule has 1 heterocycles. The zero-order chi connectivity index (χ0) is 16.9. The molecule has 2 aromatic carbocycles. The average Bonchev–Trinajstić information content (AvgIpc) is 2.61. The maximum absolute atomic E-state index is 12.0. The highest BCUT2D eigenvalue weighted by molar-refractivity contribution is 5.84. The van der Waals surface area contributed by atoms with Crippen molar-refractivity contribution in [2.45, 2.75) is 26.3 Å². The van der Waals surface area contributed by atoms with Crippen molar-refractivity contribution >= 4 is 16.7 Å². The largest absolute Gasteiger partial charge is 0.350 e. The van der Waals surface area contributed by atoms with Crippen LogP contribution in [0.15, 0.2) is 53.3 Å². The minimum absolute atomic E-state index is 0.0346. The number of carbonyl (C=O) groups is 1. The lowest BCUT2D eigenvalue weighted by Crippen LogP contribution is -2.24. The van der Waals surface area contributed by atoms with Crippen LogP contribution in [-0.4, -0.2) is 16.1 Å². The number of aryl methyl sites for hydroxylation is 2. The van der Waals surface area contributed by atoms with Gasteiger partial charge in [0.15, 0.2) is 0 Å². The smallest absolute Gasteiger partial charge is 0.272 e. The van der Waals surface area contributed by atoms with E-state index in [1.807, 2.05) is 49.4 Å². The molecule has 0 bridgehead atoms. The molecule has 0 fully saturated rings. The van der Waals surface area contributed by atoms with Gasteiger partial charge >= 0.3 is 0 Å². The van der Waals surface area contributed by atoms with Crippen molar-refractivity contribution in [1.29, 1.82) is 0 Å². The SMILES string of the molecule is Cc1ccc(CCC(=O)NCc2n[nH]c(=O)c3ccccc23)cc1. The van der Waals surface area contributed by atoms with Gasteiger partial charge in [0, 0.05) is 11.8 Å². The van der Waals surface area contributed by atoms with Crippen LogP contribution in [0, 0.1) is 6.92 Å². The molecule has 1 aromatic heterocycles. The molecule has 24 heavy (non-hydrogen) atoms. The molecule has 0 saturated carbocycles. The molecule has 3 aromatic rings. The van der Waals surface area contributed by atoms with Gasteiger partial charge in [0.2, 0.25) is 5.91 Å². The van der Waals surface area contributed by atoms with Crippen molar-refractivity contribution in [2.75, 3.05) is 0 Å². The molecule has 5 heteroatoms. The van der Waals surface area contributed by atoms with Crippen molar-refractivity contribution < 1.29 is 4.79 Å². The van der Waals surface area contributed by atoms with E-state index in [1.165, 1.54) is 5.56 Å². The summed E-state index contributed by atoms with van der Waals surface area (Å²) in [6, 6.07) is 15.4. The van der Waals surface area contributed by atoms with E-state index in [-0.39, 0.29) is 11.5 Å². The second-order valence-electron chi connectivity index (χ2n) is 5.81. The van der Waals surface area contributed by atoms with Gasteiger partial charge in [0.1, 0.15) is 0 Å². The third-order valence-electron chi connectivity index (χ3n) is 3.99. The molecule has 0 aliphatic heterocycles. The highest BCUT2D eigenvalue weighted by Crippen LogP contribution is 2.12. The minimum atomic E-state index is -0.222. The van der Waals surface area contributed by atoms with Crippen LogP contribution in [0.4, 0.5) is 0 Å². The summed E-state index contributed by atoms with van der Waals surface area (Å²) in [5, 5.41) is 10.7. The molecular formula is C19H19N3O2. The third kappa shape index (κ3) is 3.68. The van der Waals surface area contributed by atoms with Crippen molar-refractivity contribution in [3.8, 4) is 0 Å². The highest BCUT2D eigenvalue weighted by atomic mass is 16.1. The number of H-pyrrole nitrogens is 1. The lowest BCUT2D eigenvalue weighted by Gasteiger charge is -2.07. The van der Waals surface area contributed by atoms with E-state index in [2.05, 4.69) is 15.5 Å². The number of hydrogen-bond donors (Lipinski definition) is 2. The number of amides is 1. The van der Waals surface area contributed by atoms with Gasteiger partial charge in [0.25, 0.3) is 5.56 Å². The number of fused-ring (bicyclic) bond motifs is 1. The van der Waals surface area contributed by atoms with Crippen LogP contribution in [0.1, 0.15) is 23.2 Å². The van der Waals surface area contributed by atoms with Crippen molar-refractivity contribution in [3.63, 3.8) is 0 Å². The zero-order valence-corrected chi connectivity index (χ0v) is 13.5. The van der Waals surface area contributed by atoms with Gasteiger partial charge in [0.05, 0.1) is 17.6 Å². The van der Waals surface area contributed by atoms with Gasteiger partial charge in [-0.25, -0.2) is 5.10 Å². The lowest BCUT2D eigenvalue weighted by atomic mass is 10.1. The molecule has 3 rings (SSSR count). The zero-order valence-electron chi connectivity index (χ0n) is 13.5. The number of hydrogen-bond acceptors (Lipinski definition) is 3. The van der Waals surface area contributed by atoms with Crippen LogP contribution >= 0.6 is 0 Å². The Morgan fingerprint density at radius 1 is 1.08 bits per heavy atom. The predicted octanol–water partition coefficient (Wildman–Crippen LogP) is 2.48. The van der Waals surface area contributed by atoms with Crippen LogP contribution in [0.5, 0.6) is 0 Å². The first-order valence-corrected chi connectivity index (χ1v) is 7.92. The molecule has 2 N–H and O–H groups in total. The van der Waals surface area contributed by atoms with Gasteiger partial charge in [-0.15, -0.1) is 0 Å². The van der Waals surface area contributed by atoms with Crippen molar-refractivity contribution in [1.82, 2.24) is 15.5 Å². The van der Waals surface area contributed by atoms with Crippen LogP contribution in [-0.2, 0) is 17.8 Å². The summed E-state index contributed by atoms with van der Waals surface area (Å²) in [6.07, 6.45) is 1.12. The summed E-state index contributed by atoms with van der Waals surface area (Å²) in [4.78, 5) is 23.8. The average molecular weight is 321 g/mol. The van der Waals surface area contributed by atoms with Gasteiger partial charge in [-0.05, 0) is 25.0 Å². The third-order valence-corrected chi connectivity index (χ3v) is 3.99. The first-order chi connectivity index (χ1) is 11.6. The Morgan fingerprint density at radius 2 is 1.79 bits per heavy atom. The second kappa shape index (κ2) is 7.08. The van der Waals surface area contributed by atoms with Crippen molar-refractivity contribution in [2.24, 2.45) is 0 Å². The van der Waals surface area contributed by atoms with E-state index in [9.17, 15) is 9.59 Å². The minimum Gasteiger partial charge on any atom is -0.350 e. The quantitative estimate of drug-likeness (QED) is 0.758. The maximum atomic E-state index is 12.0. The van der Waals surface area contributed by atoms with E-state index in [1.54, 1.807) is 6.07 Å². The Labute approximate surface area is 139 Å². The monoisotopic (exact) mass is 321 g/mol. The standard InChI is InChI=1S/C19H19N3O2/c1-13-6-8-14(9-7-13)10-11-18(23)20-12-17-15-4-2-3-5-16(15)19(24)22-21-17/h2-9H,10-12H2,1H3,(H,20,23)(H,22,24). The molecule has 5 nitrogen and oxygen atoms in total. The Bertz CT molecular complexity index is 914. The topological polar surface area (TPSA) is 74.8 Å². The Kier molecular flexibility index (Phi) is 4.70. The van der Waals surface area contributed by atoms with Gasteiger partial charge < -0.3 is 5.32 Å². The Hall–Kier alpha value is -2.95. The summed E-state index contributed by atoms with van der Waals surface area (Å²) >= 11 is 0. The molecule has 1 amide bonds. The van der Waals surface area contributed by atoms with Crippen LogP contribution in [0.25, 0.3) is 10.8 Å². The molecule has 0 aliphatic carbocycles. The fraction of sp³-hybridized carbons (Fsp3) is 0.211. The first-order valence-electron chi connectivity index (χ1n) is 7.92. The van der Waals surface area contributed by atoms with Crippen LogP contribution in [0.3, 0.4) is 0 Å². The van der Waals surface area contributed by atoms with Gasteiger partial charge in [-0.3, -0.25) is 9.59 Å². The number of carbonyl (C=O) groups excluding carboxylic acids is 1. The maximum Gasteiger partial charge on any atom is 0.272 e. The first kappa shape index (κ1) is 15.9. The molecule has 122 valence electrons. The second-order valence-corrected chi connectivity index (χ2v) is 5.81. The summed E-state index contributed by atoms with van der Waals surface area (Å²) in [5.74, 6) is -0.0346. The van der Waals surface area contributed by atoms with Gasteiger partial charge in [-0.1, -0.05) is 48.0 Å². The summed E-state index contributed by atoms with van der Waals surface area (Å²) < 4.78 is 0. The Morgan fingerprint density at radius 3 is 2.54 bits per heavy atom. The summed E-state index contributed by atoms with van der Waals surface area (Å²) in [6.45, 7) is 2.34. The molecule has 0 unspecified atom stereocenters. The normalized spacial score (nSPS) is 10.7. The van der Waals surface area contributed by atoms with Crippen LogP contribution in [0.2, 0.25) is 0 Å². The number of nitrogens with one attached hydrogen (secondary N) is 2. The van der Waals surface area contributed by atoms with Crippen LogP contribution < -0.4 is 10.9 Å². The number of aromatic nitrogens is 2. The molecular weight excluding hydrogens is 302 g/mol. The number of aromatic amines is 1. The van der Waals surface area contributed by atoms with Crippen molar-refractivity contribution in [3.05, 3.63) is 75.7 Å². The Balaban J connectivity index is 1.61. The van der Waals surface area contributed by atoms with E-state index < -0.39 is 0 Å². The molecule has 0 spiro atoms. The molecule has 0 atom stereocenters. The fourth-order valence-electron chi connectivity index (χ4n) is 2.59. The molecule has 0 saturated heterocycles. The van der Waals surface area contributed by atoms with Gasteiger partial charge in [-0.2, -0.15) is 5.10 Å². The van der Waals surface area contributed by atoms with E-state index >= 15 is 0 Å². The predicted molar refractivity (Wildman–Crippen MR) is 93.7 cm³/mol. The summed E-state index contributed by atoms with van der Waals surface area (Å²) in [5.41, 5.74) is 2.79. The number of benzene rings is 2. The van der Waals surface area contributed by atoms with E-state index in [4.69, 9.17) is 0 Å². The van der Waals surface area contributed by atoms with E-state index in [0.29, 0.717) is 30.5 Å². The lowest BCUT2D eigenvalue weighted by molar-refractivity contribution is -0.121. The van der Waals surface area contributed by atoms with E-state index in [0.717, 1.165) is 10.9 Å². The summed E-state index contributed by atoms with van der Waals surface area (Å²) in [7, 11) is 0. The molecule has 0 aliphatic rings.